The van der Waals surface area contributed by atoms with Crippen molar-refractivity contribution in [2.45, 2.75) is 0 Å². The summed E-state index contributed by atoms with van der Waals surface area (Å²) in [6.45, 7) is -0.637. The third-order valence-electron chi connectivity index (χ3n) is 4.91. The number of para-hydroxylation sites is 2. The van der Waals surface area contributed by atoms with Crippen molar-refractivity contribution >= 4 is 63.8 Å². The summed E-state index contributed by atoms with van der Waals surface area (Å²) in [6.07, 6.45) is 1.54. The number of benzene rings is 3. The van der Waals surface area contributed by atoms with Crippen LogP contribution in [-0.2, 0) is 14.4 Å². The van der Waals surface area contributed by atoms with E-state index in [-0.39, 0.29) is 24.0 Å². The quantitative estimate of drug-likeness (QED) is 0.403. The topological polar surface area (TPSA) is 105 Å². The standard InChI is InChI=1S/C26H20ClN3O5S/c27-20-11-4-5-12-21(20)29-24(32)16-35-19-10-6-7-17(13-19)14-22-25(33)30(26(34)36-22)15-23(31)28-18-8-2-1-3-9-18/h1-14H,15-16H2,(H,28,31)(H,29,32)/b22-14-. The van der Waals surface area contributed by atoms with Gasteiger partial charge in [-0.15, -0.1) is 0 Å². The molecule has 0 saturated carbocycles. The largest absolute Gasteiger partial charge is 0.484 e. The molecule has 8 nitrogen and oxygen atoms in total. The van der Waals surface area contributed by atoms with Gasteiger partial charge in [-0.1, -0.05) is 54.1 Å². The molecule has 0 aromatic heterocycles. The molecule has 4 rings (SSSR count). The molecule has 1 aliphatic rings. The van der Waals surface area contributed by atoms with Crippen molar-refractivity contribution in [1.29, 1.82) is 0 Å². The molecular weight excluding hydrogens is 502 g/mol. The summed E-state index contributed by atoms with van der Waals surface area (Å²) in [5, 5.41) is 5.21. The van der Waals surface area contributed by atoms with Gasteiger partial charge in [0.2, 0.25) is 5.91 Å². The summed E-state index contributed by atoms with van der Waals surface area (Å²) in [4.78, 5) is 50.7. The van der Waals surface area contributed by atoms with Crippen LogP contribution in [0.4, 0.5) is 16.2 Å². The minimum atomic E-state index is -0.557. The average molecular weight is 522 g/mol. The van der Waals surface area contributed by atoms with Crippen LogP contribution in [0.1, 0.15) is 5.56 Å². The Morgan fingerprint density at radius 2 is 1.67 bits per heavy atom. The van der Waals surface area contributed by atoms with E-state index >= 15 is 0 Å². The Morgan fingerprint density at radius 3 is 2.44 bits per heavy atom. The summed E-state index contributed by atoms with van der Waals surface area (Å²) in [6, 6.07) is 22.4. The highest BCUT2D eigenvalue weighted by atomic mass is 35.5. The maximum Gasteiger partial charge on any atom is 0.294 e. The number of rotatable bonds is 8. The van der Waals surface area contributed by atoms with E-state index in [0.29, 0.717) is 27.7 Å². The van der Waals surface area contributed by atoms with E-state index in [4.69, 9.17) is 16.3 Å². The molecule has 0 radical (unpaired) electrons. The summed E-state index contributed by atoms with van der Waals surface area (Å²) in [5.74, 6) is -1.02. The molecule has 0 atom stereocenters. The summed E-state index contributed by atoms with van der Waals surface area (Å²) >= 11 is 6.80. The van der Waals surface area contributed by atoms with E-state index in [1.54, 1.807) is 72.8 Å². The second-order valence-corrected chi connectivity index (χ2v) is 8.97. The van der Waals surface area contributed by atoms with Crippen LogP contribution in [-0.4, -0.2) is 41.0 Å². The maximum absolute atomic E-state index is 12.8. The second-order valence-electron chi connectivity index (χ2n) is 7.57. The Hall–Kier alpha value is -4.08. The van der Waals surface area contributed by atoms with E-state index in [2.05, 4.69) is 10.6 Å². The van der Waals surface area contributed by atoms with Crippen LogP contribution in [0.25, 0.3) is 6.08 Å². The van der Waals surface area contributed by atoms with Crippen LogP contribution in [0.15, 0.2) is 83.8 Å². The highest BCUT2D eigenvalue weighted by molar-refractivity contribution is 8.18. The van der Waals surface area contributed by atoms with Gasteiger partial charge in [-0.2, -0.15) is 0 Å². The van der Waals surface area contributed by atoms with Gasteiger partial charge in [-0.3, -0.25) is 24.1 Å². The van der Waals surface area contributed by atoms with Gasteiger partial charge >= 0.3 is 0 Å². The number of ether oxygens (including phenoxy) is 1. The molecular formula is C26H20ClN3O5S. The molecule has 1 aliphatic heterocycles. The van der Waals surface area contributed by atoms with Crippen molar-refractivity contribution in [2.24, 2.45) is 0 Å². The van der Waals surface area contributed by atoms with Crippen LogP contribution < -0.4 is 15.4 Å². The van der Waals surface area contributed by atoms with Crippen LogP contribution in [0.5, 0.6) is 5.75 Å². The van der Waals surface area contributed by atoms with Gasteiger partial charge in [0.15, 0.2) is 6.61 Å². The summed E-state index contributed by atoms with van der Waals surface area (Å²) < 4.78 is 5.56. The number of amides is 4. The monoisotopic (exact) mass is 521 g/mol. The first-order chi connectivity index (χ1) is 17.4. The lowest BCUT2D eigenvalue weighted by Gasteiger charge is -2.12. The van der Waals surface area contributed by atoms with E-state index in [1.807, 2.05) is 6.07 Å². The SMILES string of the molecule is O=C(CN1C(=O)S/C(=C\c2cccc(OCC(=O)Nc3ccccc3Cl)c2)C1=O)Nc1ccccc1. The smallest absolute Gasteiger partial charge is 0.294 e. The lowest BCUT2D eigenvalue weighted by Crippen LogP contribution is -2.36. The summed E-state index contributed by atoms with van der Waals surface area (Å²) in [5.41, 5.74) is 1.65. The van der Waals surface area contributed by atoms with Crippen LogP contribution in [0.2, 0.25) is 5.02 Å². The van der Waals surface area contributed by atoms with E-state index in [9.17, 15) is 19.2 Å². The summed E-state index contributed by atoms with van der Waals surface area (Å²) in [7, 11) is 0. The number of thioether (sulfide) groups is 1. The number of imide groups is 1. The predicted molar refractivity (Wildman–Crippen MR) is 140 cm³/mol. The molecule has 0 aliphatic carbocycles. The second kappa shape index (κ2) is 11.6. The molecule has 2 N–H and O–H groups in total. The Balaban J connectivity index is 1.35. The molecule has 1 heterocycles. The van der Waals surface area contributed by atoms with E-state index in [1.165, 1.54) is 6.08 Å². The number of halogens is 1. The average Bonchev–Trinajstić information content (AvgIpc) is 3.12. The highest BCUT2D eigenvalue weighted by Gasteiger charge is 2.36. The van der Waals surface area contributed by atoms with Crippen molar-refractivity contribution in [3.05, 3.63) is 94.4 Å². The fourth-order valence-electron chi connectivity index (χ4n) is 3.25. The molecule has 3 aromatic rings. The highest BCUT2D eigenvalue weighted by Crippen LogP contribution is 2.32. The zero-order chi connectivity index (χ0) is 25.5. The number of carbonyl (C=O) groups is 4. The van der Waals surface area contributed by atoms with E-state index in [0.717, 1.165) is 16.7 Å². The Morgan fingerprint density at radius 1 is 0.917 bits per heavy atom. The first kappa shape index (κ1) is 25.0. The number of nitrogens with zero attached hydrogens (tertiary/aromatic N) is 1. The lowest BCUT2D eigenvalue weighted by molar-refractivity contribution is -0.127. The molecule has 0 bridgehead atoms. The predicted octanol–water partition coefficient (Wildman–Crippen LogP) is 5.03. The number of carbonyl (C=O) groups excluding carboxylic acids is 4. The van der Waals surface area contributed by atoms with Crippen molar-refractivity contribution < 1.29 is 23.9 Å². The third kappa shape index (κ3) is 6.53. The first-order valence-corrected chi connectivity index (χ1v) is 12.0. The Kier molecular flexibility index (Phi) is 8.04. The molecule has 1 fully saturated rings. The van der Waals surface area contributed by atoms with Crippen molar-refractivity contribution in [3.63, 3.8) is 0 Å². The van der Waals surface area contributed by atoms with E-state index < -0.39 is 17.1 Å². The fourth-order valence-corrected chi connectivity index (χ4v) is 4.27. The first-order valence-electron chi connectivity index (χ1n) is 10.8. The molecule has 36 heavy (non-hydrogen) atoms. The minimum Gasteiger partial charge on any atom is -0.484 e. The number of hydrogen-bond acceptors (Lipinski definition) is 6. The van der Waals surface area contributed by atoms with Gasteiger partial charge in [0.25, 0.3) is 17.1 Å². The van der Waals surface area contributed by atoms with Gasteiger partial charge < -0.3 is 15.4 Å². The van der Waals surface area contributed by atoms with Crippen LogP contribution >= 0.6 is 23.4 Å². The Labute approximate surface area is 216 Å². The number of anilines is 2. The van der Waals surface area contributed by atoms with Crippen LogP contribution in [0, 0.1) is 0 Å². The van der Waals surface area contributed by atoms with Crippen LogP contribution in [0.3, 0.4) is 0 Å². The molecule has 182 valence electrons. The van der Waals surface area contributed by atoms with Gasteiger partial charge in [-0.05, 0) is 59.8 Å². The molecule has 3 aromatic carbocycles. The van der Waals surface area contributed by atoms with Gasteiger partial charge in [0, 0.05) is 5.69 Å². The molecule has 10 heteroatoms. The van der Waals surface area contributed by atoms with Crippen molar-refractivity contribution in [1.82, 2.24) is 4.90 Å². The third-order valence-corrected chi connectivity index (χ3v) is 6.14. The molecule has 1 saturated heterocycles. The normalized spacial score (nSPS) is 14.1. The number of hydrogen-bond donors (Lipinski definition) is 2. The lowest BCUT2D eigenvalue weighted by atomic mass is 10.2. The molecule has 0 spiro atoms. The number of nitrogens with one attached hydrogen (secondary N) is 2. The minimum absolute atomic E-state index is 0.182. The van der Waals surface area contributed by atoms with Crippen molar-refractivity contribution in [2.75, 3.05) is 23.8 Å². The van der Waals surface area contributed by atoms with Gasteiger partial charge in [0.05, 0.1) is 15.6 Å². The van der Waals surface area contributed by atoms with Gasteiger partial charge in [0.1, 0.15) is 12.3 Å². The zero-order valence-corrected chi connectivity index (χ0v) is 20.3. The maximum atomic E-state index is 12.8. The fraction of sp³-hybridized carbons (Fsp3) is 0.0769. The molecule has 0 unspecified atom stereocenters. The zero-order valence-electron chi connectivity index (χ0n) is 18.8. The Bertz CT molecular complexity index is 1350. The van der Waals surface area contributed by atoms with Gasteiger partial charge in [-0.25, -0.2) is 0 Å². The molecule has 4 amide bonds. The van der Waals surface area contributed by atoms with Crippen molar-refractivity contribution in [3.8, 4) is 5.75 Å².